The molecule has 3 rings (SSSR count). The van der Waals surface area contributed by atoms with Gasteiger partial charge in [0.1, 0.15) is 0 Å². The van der Waals surface area contributed by atoms with Crippen LogP contribution in [0.15, 0.2) is 35.1 Å². The molecule has 2 aromatic rings. The van der Waals surface area contributed by atoms with Crippen molar-refractivity contribution in [1.82, 2.24) is 5.32 Å². The Morgan fingerprint density at radius 2 is 2.26 bits per heavy atom. The summed E-state index contributed by atoms with van der Waals surface area (Å²) >= 11 is 6.02. The number of hydrogen-bond acceptors (Lipinski definition) is 4. The van der Waals surface area contributed by atoms with E-state index in [-0.39, 0.29) is 12.7 Å². The lowest BCUT2D eigenvalue weighted by Crippen LogP contribution is -2.22. The number of hydrogen-bond donors (Lipinski definition) is 1. The molecule has 0 aliphatic carbocycles. The van der Waals surface area contributed by atoms with Gasteiger partial charge in [0.05, 0.1) is 17.5 Å². The van der Waals surface area contributed by atoms with Gasteiger partial charge in [-0.15, -0.1) is 0 Å². The molecule has 19 heavy (non-hydrogen) atoms. The molecule has 1 aromatic heterocycles. The summed E-state index contributed by atoms with van der Waals surface area (Å²) in [7, 11) is 0. The molecule has 0 atom stereocenters. The van der Waals surface area contributed by atoms with Crippen molar-refractivity contribution in [3.8, 4) is 11.5 Å². The Labute approximate surface area is 114 Å². The van der Waals surface area contributed by atoms with Gasteiger partial charge in [-0.05, 0) is 18.2 Å². The van der Waals surface area contributed by atoms with Gasteiger partial charge < -0.3 is 19.2 Å². The van der Waals surface area contributed by atoms with E-state index < -0.39 is 0 Å². The Morgan fingerprint density at radius 3 is 3.05 bits per heavy atom. The molecule has 0 radical (unpaired) electrons. The van der Waals surface area contributed by atoms with Gasteiger partial charge in [0.25, 0.3) is 5.91 Å². The Kier molecular flexibility index (Phi) is 3.05. The predicted molar refractivity (Wildman–Crippen MR) is 67.5 cm³/mol. The minimum absolute atomic E-state index is 0.120. The van der Waals surface area contributed by atoms with Crippen molar-refractivity contribution in [2.75, 3.05) is 6.79 Å². The lowest BCUT2D eigenvalue weighted by molar-refractivity contribution is 0.0950. The molecule has 0 unspecified atom stereocenters. The molecule has 5 nitrogen and oxygen atoms in total. The number of furan rings is 1. The first-order valence-corrected chi connectivity index (χ1v) is 6.00. The SMILES string of the molecule is O=C(NCc1ccoc1)c1cc(Cl)c2c(c1)OCO2. The molecule has 0 bridgehead atoms. The molecule has 1 aliphatic heterocycles. The maximum Gasteiger partial charge on any atom is 0.251 e. The van der Waals surface area contributed by atoms with Crippen LogP contribution in [0.5, 0.6) is 11.5 Å². The topological polar surface area (TPSA) is 60.7 Å². The summed E-state index contributed by atoms with van der Waals surface area (Å²) in [5.41, 5.74) is 1.32. The molecule has 1 N–H and O–H groups in total. The highest BCUT2D eigenvalue weighted by molar-refractivity contribution is 6.32. The van der Waals surface area contributed by atoms with E-state index in [0.29, 0.717) is 28.6 Å². The fraction of sp³-hybridized carbons (Fsp3) is 0.154. The lowest BCUT2D eigenvalue weighted by atomic mass is 10.2. The Morgan fingerprint density at radius 1 is 1.37 bits per heavy atom. The van der Waals surface area contributed by atoms with Crippen molar-refractivity contribution in [2.45, 2.75) is 6.54 Å². The van der Waals surface area contributed by atoms with Crippen molar-refractivity contribution < 1.29 is 18.7 Å². The van der Waals surface area contributed by atoms with Gasteiger partial charge in [-0.1, -0.05) is 11.6 Å². The quantitative estimate of drug-likeness (QED) is 0.938. The van der Waals surface area contributed by atoms with E-state index in [2.05, 4.69) is 5.32 Å². The molecule has 2 heterocycles. The average molecular weight is 280 g/mol. The van der Waals surface area contributed by atoms with Crippen LogP contribution in [0.2, 0.25) is 5.02 Å². The molecule has 1 aliphatic rings. The highest BCUT2D eigenvalue weighted by Gasteiger charge is 2.20. The lowest BCUT2D eigenvalue weighted by Gasteiger charge is -2.06. The second-order valence-corrected chi connectivity index (χ2v) is 4.41. The smallest absolute Gasteiger partial charge is 0.251 e. The van der Waals surface area contributed by atoms with E-state index in [9.17, 15) is 4.79 Å². The van der Waals surface area contributed by atoms with Crippen LogP contribution in [-0.2, 0) is 6.54 Å². The fourth-order valence-corrected chi connectivity index (χ4v) is 2.04. The molecule has 1 amide bonds. The van der Waals surface area contributed by atoms with Crippen molar-refractivity contribution in [3.63, 3.8) is 0 Å². The number of nitrogens with one attached hydrogen (secondary N) is 1. The summed E-state index contributed by atoms with van der Waals surface area (Å²) in [4.78, 5) is 12.0. The number of fused-ring (bicyclic) bond motifs is 1. The van der Waals surface area contributed by atoms with E-state index in [1.165, 1.54) is 0 Å². The highest BCUT2D eigenvalue weighted by atomic mass is 35.5. The minimum Gasteiger partial charge on any atom is -0.472 e. The predicted octanol–water partition coefficient (Wildman–Crippen LogP) is 2.59. The van der Waals surface area contributed by atoms with E-state index in [1.54, 1.807) is 30.7 Å². The van der Waals surface area contributed by atoms with Crippen LogP contribution in [0.4, 0.5) is 0 Å². The van der Waals surface area contributed by atoms with E-state index in [4.69, 9.17) is 25.5 Å². The van der Waals surface area contributed by atoms with Gasteiger partial charge in [-0.25, -0.2) is 0 Å². The molecule has 0 spiro atoms. The van der Waals surface area contributed by atoms with Gasteiger partial charge in [-0.2, -0.15) is 0 Å². The van der Waals surface area contributed by atoms with Gasteiger partial charge in [0.2, 0.25) is 6.79 Å². The zero-order chi connectivity index (χ0) is 13.2. The van der Waals surface area contributed by atoms with Crippen LogP contribution in [-0.4, -0.2) is 12.7 Å². The number of halogens is 1. The van der Waals surface area contributed by atoms with Gasteiger partial charge in [-0.3, -0.25) is 4.79 Å². The number of carbonyl (C=O) groups is 1. The van der Waals surface area contributed by atoms with Crippen molar-refractivity contribution in [2.24, 2.45) is 0 Å². The van der Waals surface area contributed by atoms with Gasteiger partial charge in [0, 0.05) is 17.7 Å². The molecule has 0 fully saturated rings. The number of benzene rings is 1. The maximum absolute atomic E-state index is 12.0. The van der Waals surface area contributed by atoms with Crippen LogP contribution in [0.1, 0.15) is 15.9 Å². The first kappa shape index (κ1) is 11.9. The van der Waals surface area contributed by atoms with Crippen molar-refractivity contribution in [1.29, 1.82) is 0 Å². The summed E-state index contributed by atoms with van der Waals surface area (Å²) in [6, 6.07) is 4.95. The summed E-state index contributed by atoms with van der Waals surface area (Å²) in [6.07, 6.45) is 3.13. The monoisotopic (exact) mass is 279 g/mol. The van der Waals surface area contributed by atoms with E-state index in [0.717, 1.165) is 5.56 Å². The second-order valence-electron chi connectivity index (χ2n) is 4.01. The zero-order valence-corrected chi connectivity index (χ0v) is 10.6. The van der Waals surface area contributed by atoms with Crippen LogP contribution in [0.3, 0.4) is 0 Å². The van der Waals surface area contributed by atoms with Crippen molar-refractivity contribution >= 4 is 17.5 Å². The number of rotatable bonds is 3. The Balaban J connectivity index is 1.75. The van der Waals surface area contributed by atoms with Crippen molar-refractivity contribution in [3.05, 3.63) is 46.9 Å². The molecule has 98 valence electrons. The molecular formula is C13H10ClNO4. The zero-order valence-electron chi connectivity index (χ0n) is 9.81. The molecule has 1 aromatic carbocycles. The summed E-state index contributed by atoms with van der Waals surface area (Å²) < 4.78 is 15.3. The van der Waals surface area contributed by atoms with Gasteiger partial charge >= 0.3 is 0 Å². The minimum atomic E-state index is -0.235. The summed E-state index contributed by atoms with van der Waals surface area (Å²) in [5, 5.41) is 3.13. The highest BCUT2D eigenvalue weighted by Crippen LogP contribution is 2.39. The van der Waals surface area contributed by atoms with E-state index >= 15 is 0 Å². The van der Waals surface area contributed by atoms with Crippen LogP contribution < -0.4 is 14.8 Å². The molecule has 0 saturated heterocycles. The van der Waals surface area contributed by atoms with E-state index in [1.807, 2.05) is 0 Å². The molecule has 6 heteroatoms. The number of amides is 1. The third kappa shape index (κ3) is 2.37. The normalized spacial score (nSPS) is 12.5. The Hall–Kier alpha value is -2.14. The number of carbonyl (C=O) groups excluding carboxylic acids is 1. The largest absolute Gasteiger partial charge is 0.472 e. The average Bonchev–Trinajstić information content (AvgIpc) is 3.06. The standard InChI is InChI=1S/C13H10ClNO4/c14-10-3-9(4-11-12(10)19-7-18-11)13(16)15-5-8-1-2-17-6-8/h1-4,6H,5,7H2,(H,15,16). The summed E-state index contributed by atoms with van der Waals surface area (Å²) in [5.74, 6) is 0.732. The Bertz CT molecular complexity index is 609. The van der Waals surface area contributed by atoms with Crippen LogP contribution in [0, 0.1) is 0 Å². The maximum atomic E-state index is 12.0. The third-order valence-corrected chi connectivity index (χ3v) is 3.00. The fourth-order valence-electron chi connectivity index (χ4n) is 1.78. The first-order chi connectivity index (χ1) is 9.24. The second kappa shape index (κ2) is 4.85. The van der Waals surface area contributed by atoms with Gasteiger partial charge in [0.15, 0.2) is 11.5 Å². The first-order valence-electron chi connectivity index (χ1n) is 5.62. The molecule has 0 saturated carbocycles. The summed E-state index contributed by atoms with van der Waals surface area (Å²) in [6.45, 7) is 0.510. The molecular weight excluding hydrogens is 270 g/mol. The van der Waals surface area contributed by atoms with Crippen LogP contribution >= 0.6 is 11.6 Å². The van der Waals surface area contributed by atoms with Crippen LogP contribution in [0.25, 0.3) is 0 Å². The number of ether oxygens (including phenoxy) is 2. The third-order valence-electron chi connectivity index (χ3n) is 2.72.